The first kappa shape index (κ1) is 13.1. The monoisotopic (exact) mass is 278 g/mol. The lowest BCUT2D eigenvalue weighted by molar-refractivity contribution is 0.0948. The Morgan fingerprint density at radius 2 is 1.71 bits per heavy atom. The number of nitrogens with two attached hydrogens (primary N) is 1. The van der Waals surface area contributed by atoms with Crippen molar-refractivity contribution in [1.29, 1.82) is 0 Å². The Balaban J connectivity index is 1.88. The first-order valence-corrected chi connectivity index (χ1v) is 6.58. The number of hydrogen-bond donors (Lipinski definition) is 2. The van der Waals surface area contributed by atoms with Crippen molar-refractivity contribution in [2.24, 2.45) is 0 Å². The standard InChI is InChI=1S/C16H14N4O/c17-16-19-13-9-5-4-8-12(13)14(20-16)15(21)18-10-11-6-2-1-3-7-11/h1-9H,10H2,(H,18,21)(H2,17,19,20). The Morgan fingerprint density at radius 3 is 2.52 bits per heavy atom. The topological polar surface area (TPSA) is 80.9 Å². The van der Waals surface area contributed by atoms with Crippen molar-refractivity contribution in [3.05, 3.63) is 65.9 Å². The van der Waals surface area contributed by atoms with E-state index >= 15 is 0 Å². The van der Waals surface area contributed by atoms with Crippen LogP contribution < -0.4 is 11.1 Å². The van der Waals surface area contributed by atoms with E-state index in [1.165, 1.54) is 0 Å². The molecule has 0 aliphatic rings. The third kappa shape index (κ3) is 2.81. The molecule has 1 heterocycles. The van der Waals surface area contributed by atoms with Crippen molar-refractivity contribution in [2.45, 2.75) is 6.54 Å². The van der Waals surface area contributed by atoms with Crippen LogP contribution in [-0.2, 0) is 6.54 Å². The quantitative estimate of drug-likeness (QED) is 0.769. The Hall–Kier alpha value is -2.95. The fourth-order valence-electron chi connectivity index (χ4n) is 2.13. The van der Waals surface area contributed by atoms with Crippen molar-refractivity contribution in [3.63, 3.8) is 0 Å². The molecule has 3 aromatic rings. The van der Waals surface area contributed by atoms with Crippen LogP contribution in [0.5, 0.6) is 0 Å². The van der Waals surface area contributed by atoms with E-state index in [-0.39, 0.29) is 11.9 Å². The molecule has 5 heteroatoms. The van der Waals surface area contributed by atoms with Gasteiger partial charge in [-0.15, -0.1) is 0 Å². The van der Waals surface area contributed by atoms with Crippen LogP contribution in [0.1, 0.15) is 16.1 Å². The SMILES string of the molecule is Nc1nc(C(=O)NCc2ccccc2)c2ccccc2n1. The molecule has 0 unspecified atom stereocenters. The maximum Gasteiger partial charge on any atom is 0.271 e. The average molecular weight is 278 g/mol. The van der Waals surface area contributed by atoms with Gasteiger partial charge in [-0.1, -0.05) is 48.5 Å². The van der Waals surface area contributed by atoms with Gasteiger partial charge in [0.15, 0.2) is 0 Å². The Labute approximate surface area is 121 Å². The molecule has 1 aromatic heterocycles. The first-order valence-electron chi connectivity index (χ1n) is 6.58. The predicted octanol–water partition coefficient (Wildman–Crippen LogP) is 2.14. The second-order valence-corrected chi connectivity index (χ2v) is 4.62. The van der Waals surface area contributed by atoms with Gasteiger partial charge in [-0.2, -0.15) is 0 Å². The summed E-state index contributed by atoms with van der Waals surface area (Å²) in [5, 5.41) is 3.54. The maximum absolute atomic E-state index is 12.3. The van der Waals surface area contributed by atoms with Gasteiger partial charge in [0.25, 0.3) is 5.91 Å². The molecule has 21 heavy (non-hydrogen) atoms. The summed E-state index contributed by atoms with van der Waals surface area (Å²) in [5.74, 6) is -0.164. The van der Waals surface area contributed by atoms with Crippen LogP contribution in [-0.4, -0.2) is 15.9 Å². The third-order valence-electron chi connectivity index (χ3n) is 3.13. The van der Waals surface area contributed by atoms with Gasteiger partial charge < -0.3 is 11.1 Å². The number of carbonyl (C=O) groups excluding carboxylic acids is 1. The summed E-state index contributed by atoms with van der Waals surface area (Å²) < 4.78 is 0. The zero-order chi connectivity index (χ0) is 14.7. The molecular formula is C16H14N4O. The maximum atomic E-state index is 12.3. The minimum atomic E-state index is -0.260. The highest BCUT2D eigenvalue weighted by Gasteiger charge is 2.13. The van der Waals surface area contributed by atoms with Crippen LogP contribution >= 0.6 is 0 Å². The molecule has 0 spiro atoms. The highest BCUT2D eigenvalue weighted by atomic mass is 16.1. The molecule has 5 nitrogen and oxygen atoms in total. The molecule has 0 fully saturated rings. The van der Waals surface area contributed by atoms with Crippen LogP contribution in [0.3, 0.4) is 0 Å². The summed E-state index contributed by atoms with van der Waals surface area (Å²) in [6.45, 7) is 0.442. The van der Waals surface area contributed by atoms with Crippen molar-refractivity contribution < 1.29 is 4.79 Å². The molecule has 3 rings (SSSR count). The van der Waals surface area contributed by atoms with Gasteiger partial charge >= 0.3 is 0 Å². The lowest BCUT2D eigenvalue weighted by atomic mass is 10.1. The van der Waals surface area contributed by atoms with Gasteiger partial charge in [-0.3, -0.25) is 4.79 Å². The number of fused-ring (bicyclic) bond motifs is 1. The zero-order valence-electron chi connectivity index (χ0n) is 11.3. The minimum Gasteiger partial charge on any atom is -0.368 e. The molecule has 2 aromatic carbocycles. The lowest BCUT2D eigenvalue weighted by Gasteiger charge is -2.08. The van der Waals surface area contributed by atoms with E-state index in [1.807, 2.05) is 48.5 Å². The van der Waals surface area contributed by atoms with Gasteiger partial charge in [-0.25, -0.2) is 9.97 Å². The van der Waals surface area contributed by atoms with Gasteiger partial charge in [0.2, 0.25) is 5.95 Å². The van der Waals surface area contributed by atoms with Gasteiger partial charge in [-0.05, 0) is 11.6 Å². The minimum absolute atomic E-state index is 0.0959. The van der Waals surface area contributed by atoms with Crippen LogP contribution in [0, 0.1) is 0 Å². The van der Waals surface area contributed by atoms with E-state index in [0.717, 1.165) is 5.56 Å². The molecule has 104 valence electrons. The number of nitrogens with zero attached hydrogens (tertiary/aromatic N) is 2. The van der Waals surface area contributed by atoms with Crippen LogP contribution in [0.25, 0.3) is 10.9 Å². The van der Waals surface area contributed by atoms with Gasteiger partial charge in [0.1, 0.15) is 5.69 Å². The number of rotatable bonds is 3. The molecule has 1 amide bonds. The van der Waals surface area contributed by atoms with Crippen LogP contribution in [0.2, 0.25) is 0 Å². The highest BCUT2D eigenvalue weighted by molar-refractivity contribution is 6.04. The molecular weight excluding hydrogens is 264 g/mol. The number of nitrogen functional groups attached to an aromatic ring is 1. The molecule has 0 aliphatic carbocycles. The Morgan fingerprint density at radius 1 is 1.00 bits per heavy atom. The largest absolute Gasteiger partial charge is 0.368 e. The van der Waals surface area contributed by atoms with Crippen molar-refractivity contribution in [1.82, 2.24) is 15.3 Å². The fourth-order valence-corrected chi connectivity index (χ4v) is 2.13. The molecule has 0 bridgehead atoms. The fraction of sp³-hybridized carbons (Fsp3) is 0.0625. The van der Waals surface area contributed by atoms with Crippen LogP contribution in [0.4, 0.5) is 5.95 Å². The van der Waals surface area contributed by atoms with E-state index in [1.54, 1.807) is 6.07 Å². The van der Waals surface area contributed by atoms with Gasteiger partial charge in [0, 0.05) is 11.9 Å². The number of nitrogens with one attached hydrogen (secondary N) is 1. The average Bonchev–Trinajstić information content (AvgIpc) is 2.52. The van der Waals surface area contributed by atoms with E-state index in [0.29, 0.717) is 23.1 Å². The van der Waals surface area contributed by atoms with E-state index in [2.05, 4.69) is 15.3 Å². The molecule has 3 N–H and O–H groups in total. The van der Waals surface area contributed by atoms with E-state index in [4.69, 9.17) is 5.73 Å². The van der Waals surface area contributed by atoms with Crippen molar-refractivity contribution >= 4 is 22.8 Å². The number of para-hydroxylation sites is 1. The number of aromatic nitrogens is 2. The highest BCUT2D eigenvalue weighted by Crippen LogP contribution is 2.16. The molecule has 0 saturated heterocycles. The van der Waals surface area contributed by atoms with Gasteiger partial charge in [0.05, 0.1) is 5.52 Å². The van der Waals surface area contributed by atoms with Crippen LogP contribution in [0.15, 0.2) is 54.6 Å². The van der Waals surface area contributed by atoms with Crippen molar-refractivity contribution in [2.75, 3.05) is 5.73 Å². The normalized spacial score (nSPS) is 10.5. The van der Waals surface area contributed by atoms with Crippen molar-refractivity contribution in [3.8, 4) is 0 Å². The summed E-state index contributed by atoms with van der Waals surface area (Å²) in [6.07, 6.45) is 0. The predicted molar refractivity (Wildman–Crippen MR) is 81.6 cm³/mol. The van der Waals surface area contributed by atoms with E-state index in [9.17, 15) is 4.79 Å². The van der Waals surface area contributed by atoms with E-state index < -0.39 is 0 Å². The Bertz CT molecular complexity index is 787. The number of benzene rings is 2. The number of carbonyl (C=O) groups is 1. The first-order chi connectivity index (χ1) is 10.2. The Kier molecular flexibility index (Phi) is 3.47. The lowest BCUT2D eigenvalue weighted by Crippen LogP contribution is -2.24. The molecule has 0 atom stereocenters. The summed E-state index contributed by atoms with van der Waals surface area (Å²) in [5.41, 5.74) is 7.65. The smallest absolute Gasteiger partial charge is 0.271 e. The summed E-state index contributed by atoms with van der Waals surface area (Å²) in [6, 6.07) is 17.0. The molecule has 0 aliphatic heterocycles. The summed E-state index contributed by atoms with van der Waals surface area (Å²) in [7, 11) is 0. The summed E-state index contributed by atoms with van der Waals surface area (Å²) >= 11 is 0. The number of amides is 1. The molecule has 0 saturated carbocycles. The second kappa shape index (κ2) is 5.58. The zero-order valence-corrected chi connectivity index (χ0v) is 11.3. The number of hydrogen-bond acceptors (Lipinski definition) is 4. The second-order valence-electron chi connectivity index (χ2n) is 4.62. The third-order valence-corrected chi connectivity index (χ3v) is 3.13. The molecule has 0 radical (unpaired) electrons. The number of anilines is 1. The summed E-state index contributed by atoms with van der Waals surface area (Å²) in [4.78, 5) is 20.5.